The molecule has 1 aromatic rings. The van der Waals surface area contributed by atoms with E-state index in [0.717, 1.165) is 13.1 Å². The second-order valence-corrected chi connectivity index (χ2v) is 6.10. The molecule has 1 aliphatic heterocycles. The first kappa shape index (κ1) is 17.6. The van der Waals surface area contributed by atoms with Crippen LogP contribution in [0.3, 0.4) is 0 Å². The van der Waals surface area contributed by atoms with Crippen LogP contribution in [0.2, 0.25) is 0 Å². The maximum atomic E-state index is 12.1. The van der Waals surface area contributed by atoms with Crippen LogP contribution in [0.25, 0.3) is 0 Å². The van der Waals surface area contributed by atoms with Crippen molar-refractivity contribution in [2.75, 3.05) is 32.1 Å². The van der Waals surface area contributed by atoms with E-state index in [-0.39, 0.29) is 24.3 Å². The Kier molecular flexibility index (Phi) is 6.24. The lowest BCUT2D eigenvalue weighted by Gasteiger charge is -2.38. The van der Waals surface area contributed by atoms with E-state index in [1.807, 2.05) is 24.3 Å². The Morgan fingerprint density at radius 1 is 1.35 bits per heavy atom. The third kappa shape index (κ3) is 5.11. The Labute approximate surface area is 138 Å². The third-order valence-corrected chi connectivity index (χ3v) is 3.98. The summed E-state index contributed by atoms with van der Waals surface area (Å²) in [6, 6.07) is 7.38. The first-order valence-electron chi connectivity index (χ1n) is 8.07. The number of rotatable bonds is 5. The number of para-hydroxylation sites is 2. The molecule has 6 nitrogen and oxygen atoms in total. The summed E-state index contributed by atoms with van der Waals surface area (Å²) in [5, 5.41) is 5.74. The maximum Gasteiger partial charge on any atom is 0.319 e. The smallest absolute Gasteiger partial charge is 0.319 e. The highest BCUT2D eigenvalue weighted by Gasteiger charge is 2.25. The number of amides is 2. The van der Waals surface area contributed by atoms with Gasteiger partial charge in [0.25, 0.3) is 0 Å². The standard InChI is InChI=1S/C17H27N3O3/c1-12(20-10-13(2)23-14(3)11-20)9-18-17(21)19-15-7-5-6-8-16(15)22-4/h5-8,12-14H,9-11H2,1-4H3,(H2,18,19,21)/t12-,13-,14-/m0/s1. The average molecular weight is 321 g/mol. The number of nitrogens with zero attached hydrogens (tertiary/aromatic N) is 1. The summed E-state index contributed by atoms with van der Waals surface area (Å²) in [6.45, 7) is 8.64. The van der Waals surface area contributed by atoms with Gasteiger partial charge in [0.2, 0.25) is 0 Å². The quantitative estimate of drug-likeness (QED) is 0.873. The number of ether oxygens (including phenoxy) is 2. The fraction of sp³-hybridized carbons (Fsp3) is 0.588. The van der Waals surface area contributed by atoms with Crippen LogP contribution >= 0.6 is 0 Å². The van der Waals surface area contributed by atoms with Crippen molar-refractivity contribution >= 4 is 11.7 Å². The number of methoxy groups -OCH3 is 1. The van der Waals surface area contributed by atoms with E-state index in [0.29, 0.717) is 18.0 Å². The third-order valence-electron chi connectivity index (χ3n) is 3.98. The molecule has 1 saturated heterocycles. The molecular weight excluding hydrogens is 294 g/mol. The molecule has 0 saturated carbocycles. The molecule has 0 unspecified atom stereocenters. The molecule has 0 aliphatic carbocycles. The van der Waals surface area contributed by atoms with Crippen LogP contribution < -0.4 is 15.4 Å². The highest BCUT2D eigenvalue weighted by Crippen LogP contribution is 2.22. The van der Waals surface area contributed by atoms with Gasteiger partial charge in [-0.25, -0.2) is 4.79 Å². The Morgan fingerprint density at radius 3 is 2.65 bits per heavy atom. The number of benzene rings is 1. The summed E-state index contributed by atoms with van der Waals surface area (Å²) in [7, 11) is 1.58. The van der Waals surface area contributed by atoms with Crippen LogP contribution in [0.4, 0.5) is 10.5 Å². The van der Waals surface area contributed by atoms with Crippen molar-refractivity contribution in [2.45, 2.75) is 39.0 Å². The fourth-order valence-electron chi connectivity index (χ4n) is 2.86. The highest BCUT2D eigenvalue weighted by molar-refractivity contribution is 5.90. The number of hydrogen-bond acceptors (Lipinski definition) is 4. The topological polar surface area (TPSA) is 62.8 Å². The first-order valence-corrected chi connectivity index (χ1v) is 8.07. The summed E-state index contributed by atoms with van der Waals surface area (Å²) in [4.78, 5) is 14.4. The SMILES string of the molecule is COc1ccccc1NC(=O)NC[C@H](C)N1C[C@H](C)O[C@@H](C)C1. The Hall–Kier alpha value is -1.79. The second kappa shape index (κ2) is 8.17. The van der Waals surface area contributed by atoms with Gasteiger partial charge < -0.3 is 20.1 Å². The van der Waals surface area contributed by atoms with Gasteiger partial charge in [-0.2, -0.15) is 0 Å². The van der Waals surface area contributed by atoms with E-state index in [1.165, 1.54) is 0 Å². The van der Waals surface area contributed by atoms with Crippen LogP contribution in [-0.2, 0) is 4.74 Å². The number of urea groups is 1. The minimum atomic E-state index is -0.226. The largest absolute Gasteiger partial charge is 0.495 e. The van der Waals surface area contributed by atoms with Gasteiger partial charge in [-0.05, 0) is 32.9 Å². The number of hydrogen-bond donors (Lipinski definition) is 2. The zero-order chi connectivity index (χ0) is 16.8. The molecule has 0 aromatic heterocycles. The molecule has 1 aromatic carbocycles. The minimum absolute atomic E-state index is 0.226. The molecule has 3 atom stereocenters. The van der Waals surface area contributed by atoms with Gasteiger partial charge in [0.1, 0.15) is 5.75 Å². The molecule has 1 heterocycles. The van der Waals surface area contributed by atoms with Gasteiger partial charge in [0, 0.05) is 25.7 Å². The van der Waals surface area contributed by atoms with Crippen molar-refractivity contribution < 1.29 is 14.3 Å². The summed E-state index contributed by atoms with van der Waals surface area (Å²) < 4.78 is 11.0. The molecule has 2 amide bonds. The molecule has 128 valence electrons. The molecule has 0 bridgehead atoms. The van der Waals surface area contributed by atoms with Crippen molar-refractivity contribution in [2.24, 2.45) is 0 Å². The monoisotopic (exact) mass is 321 g/mol. The van der Waals surface area contributed by atoms with Crippen LogP contribution in [-0.4, -0.2) is 55.9 Å². The predicted molar refractivity (Wildman–Crippen MR) is 91.1 cm³/mol. The van der Waals surface area contributed by atoms with E-state index in [4.69, 9.17) is 9.47 Å². The average Bonchev–Trinajstić information content (AvgIpc) is 2.52. The van der Waals surface area contributed by atoms with E-state index in [2.05, 4.69) is 36.3 Å². The maximum absolute atomic E-state index is 12.1. The molecule has 1 aliphatic rings. The van der Waals surface area contributed by atoms with Crippen molar-refractivity contribution in [1.29, 1.82) is 0 Å². The summed E-state index contributed by atoms with van der Waals surface area (Å²) in [5.41, 5.74) is 0.661. The number of anilines is 1. The lowest BCUT2D eigenvalue weighted by Crippen LogP contribution is -2.52. The van der Waals surface area contributed by atoms with Gasteiger partial charge in [-0.1, -0.05) is 12.1 Å². The Bertz CT molecular complexity index is 514. The van der Waals surface area contributed by atoms with Crippen LogP contribution in [0.15, 0.2) is 24.3 Å². The Morgan fingerprint density at radius 2 is 2.00 bits per heavy atom. The van der Waals surface area contributed by atoms with Gasteiger partial charge >= 0.3 is 6.03 Å². The normalized spacial score (nSPS) is 23.1. The van der Waals surface area contributed by atoms with E-state index in [1.54, 1.807) is 7.11 Å². The molecule has 2 N–H and O–H groups in total. The van der Waals surface area contributed by atoms with Crippen molar-refractivity contribution in [3.63, 3.8) is 0 Å². The van der Waals surface area contributed by atoms with E-state index in [9.17, 15) is 4.79 Å². The van der Waals surface area contributed by atoms with Gasteiger partial charge in [-0.15, -0.1) is 0 Å². The lowest BCUT2D eigenvalue weighted by atomic mass is 10.2. The van der Waals surface area contributed by atoms with Crippen molar-refractivity contribution in [1.82, 2.24) is 10.2 Å². The van der Waals surface area contributed by atoms with Crippen LogP contribution in [0.1, 0.15) is 20.8 Å². The second-order valence-electron chi connectivity index (χ2n) is 6.10. The molecule has 0 radical (unpaired) electrons. The molecule has 1 fully saturated rings. The summed E-state index contributed by atoms with van der Waals surface area (Å²) in [5.74, 6) is 0.645. The predicted octanol–water partition coefficient (Wildman–Crippen LogP) is 2.31. The first-order chi connectivity index (χ1) is 11.0. The number of carbonyl (C=O) groups is 1. The van der Waals surface area contributed by atoms with E-state index >= 15 is 0 Å². The molecular formula is C17H27N3O3. The fourth-order valence-corrected chi connectivity index (χ4v) is 2.86. The van der Waals surface area contributed by atoms with Crippen LogP contribution in [0.5, 0.6) is 5.75 Å². The van der Waals surface area contributed by atoms with Crippen molar-refractivity contribution in [3.05, 3.63) is 24.3 Å². The summed E-state index contributed by atoms with van der Waals surface area (Å²) in [6.07, 6.45) is 0.451. The van der Waals surface area contributed by atoms with E-state index < -0.39 is 0 Å². The highest BCUT2D eigenvalue weighted by atomic mass is 16.5. The number of morpholine rings is 1. The summed E-state index contributed by atoms with van der Waals surface area (Å²) >= 11 is 0. The van der Waals surface area contributed by atoms with Crippen molar-refractivity contribution in [3.8, 4) is 5.75 Å². The lowest BCUT2D eigenvalue weighted by molar-refractivity contribution is -0.0777. The number of nitrogens with one attached hydrogen (secondary N) is 2. The van der Waals surface area contributed by atoms with Gasteiger partial charge in [-0.3, -0.25) is 4.90 Å². The molecule has 23 heavy (non-hydrogen) atoms. The zero-order valence-corrected chi connectivity index (χ0v) is 14.3. The minimum Gasteiger partial charge on any atom is -0.495 e. The zero-order valence-electron chi connectivity index (χ0n) is 14.3. The Balaban J connectivity index is 1.82. The molecule has 2 rings (SSSR count). The molecule has 0 spiro atoms. The van der Waals surface area contributed by atoms with Gasteiger partial charge in [0.15, 0.2) is 0 Å². The van der Waals surface area contributed by atoms with Gasteiger partial charge in [0.05, 0.1) is 25.0 Å². The number of carbonyl (C=O) groups excluding carboxylic acids is 1. The van der Waals surface area contributed by atoms with Crippen LogP contribution in [0, 0.1) is 0 Å². The molecule has 6 heteroatoms.